The lowest BCUT2D eigenvalue weighted by molar-refractivity contribution is -0.187. The molecule has 1 aliphatic rings. The monoisotopic (exact) mass is 310 g/mol. The summed E-state index contributed by atoms with van der Waals surface area (Å²) in [5.74, 6) is -0.306. The Morgan fingerprint density at radius 3 is 2.41 bits per heavy atom. The van der Waals surface area contributed by atoms with E-state index in [2.05, 4.69) is 5.32 Å². The second-order valence-electron chi connectivity index (χ2n) is 5.45. The number of rotatable bonds is 2. The van der Waals surface area contributed by atoms with Gasteiger partial charge in [-0.25, -0.2) is 0 Å². The number of halogens is 3. The summed E-state index contributed by atoms with van der Waals surface area (Å²) in [6.07, 6.45) is -4.45. The van der Waals surface area contributed by atoms with Crippen LogP contribution < -0.4 is 5.32 Å². The van der Waals surface area contributed by atoms with E-state index in [-0.39, 0.29) is 11.3 Å². The highest BCUT2D eigenvalue weighted by molar-refractivity contribution is 5.88. The van der Waals surface area contributed by atoms with Crippen molar-refractivity contribution < 1.29 is 18.3 Å². The van der Waals surface area contributed by atoms with Gasteiger partial charge in [-0.3, -0.25) is 4.90 Å². The normalized spacial score (nSPS) is 18.5. The lowest BCUT2D eigenvalue weighted by Gasteiger charge is -2.36. The number of fused-ring (bicyclic) bond motifs is 1. The molecule has 0 radical (unpaired) electrons. The first-order chi connectivity index (χ1) is 10.5. The summed E-state index contributed by atoms with van der Waals surface area (Å²) in [6.45, 7) is 1.62. The minimum Gasteiger partial charge on any atom is -0.508 e. The number of hydrogen-bond donors (Lipinski definition) is 2. The molecule has 2 aromatic carbocycles. The van der Waals surface area contributed by atoms with Crippen LogP contribution >= 0.6 is 0 Å². The quantitative estimate of drug-likeness (QED) is 0.895. The van der Waals surface area contributed by atoms with Gasteiger partial charge >= 0.3 is 6.18 Å². The van der Waals surface area contributed by atoms with Gasteiger partial charge in [0.2, 0.25) is 0 Å². The summed E-state index contributed by atoms with van der Waals surface area (Å²) < 4.78 is 41.2. The molecule has 3 rings (SSSR count). The molecule has 1 fully saturated rings. The van der Waals surface area contributed by atoms with E-state index in [9.17, 15) is 18.3 Å². The Morgan fingerprint density at radius 1 is 1.05 bits per heavy atom. The Hall–Kier alpha value is -1.79. The lowest BCUT2D eigenvalue weighted by atomic mass is 9.95. The molecule has 0 amide bonds. The molecule has 1 saturated heterocycles. The summed E-state index contributed by atoms with van der Waals surface area (Å²) in [7, 11) is 0. The molecule has 118 valence electrons. The zero-order chi connectivity index (χ0) is 15.7. The minimum absolute atomic E-state index is 0.0486. The Balaban J connectivity index is 2.17. The third kappa shape index (κ3) is 2.76. The van der Waals surface area contributed by atoms with E-state index in [1.165, 1.54) is 11.0 Å². The maximum absolute atomic E-state index is 13.7. The van der Waals surface area contributed by atoms with Crippen molar-refractivity contribution in [3.8, 4) is 5.75 Å². The zero-order valence-electron chi connectivity index (χ0n) is 11.9. The van der Waals surface area contributed by atoms with Crippen LogP contribution in [0.5, 0.6) is 5.75 Å². The van der Waals surface area contributed by atoms with Crippen LogP contribution in [0.4, 0.5) is 13.2 Å². The molecule has 0 aliphatic carbocycles. The Morgan fingerprint density at radius 2 is 1.73 bits per heavy atom. The molecule has 0 spiro atoms. The average Bonchev–Trinajstić information content (AvgIpc) is 2.50. The predicted octanol–water partition coefficient (Wildman–Crippen LogP) is 3.05. The number of nitrogens with one attached hydrogen (secondary N) is 1. The molecule has 0 aromatic heterocycles. The number of alkyl halides is 3. The van der Waals surface area contributed by atoms with E-state index in [4.69, 9.17) is 0 Å². The predicted molar refractivity (Wildman–Crippen MR) is 78.9 cm³/mol. The fourth-order valence-corrected chi connectivity index (χ4v) is 3.07. The SMILES string of the molecule is Oc1ccc2ccccc2c1[C@@H](N1CCNCC1)C(F)(F)F. The standard InChI is InChI=1S/C16H17F3N2O/c17-16(18,19)15(21-9-7-20-8-10-21)14-12-4-2-1-3-11(12)5-6-13(14)22/h1-6,15,20,22H,7-10H2/t15-/m1/s1. The van der Waals surface area contributed by atoms with Gasteiger partial charge in [-0.2, -0.15) is 13.2 Å². The Kier molecular flexibility index (Phi) is 3.97. The average molecular weight is 310 g/mol. The van der Waals surface area contributed by atoms with Gasteiger partial charge in [0.25, 0.3) is 0 Å². The van der Waals surface area contributed by atoms with Crippen molar-refractivity contribution in [3.05, 3.63) is 42.0 Å². The van der Waals surface area contributed by atoms with Crippen LogP contribution in [0.1, 0.15) is 11.6 Å². The number of phenols is 1. The topological polar surface area (TPSA) is 35.5 Å². The molecule has 3 nitrogen and oxygen atoms in total. The van der Waals surface area contributed by atoms with Crippen LogP contribution in [0, 0.1) is 0 Å². The van der Waals surface area contributed by atoms with Gasteiger partial charge in [0, 0.05) is 31.7 Å². The van der Waals surface area contributed by atoms with E-state index in [1.54, 1.807) is 30.3 Å². The van der Waals surface area contributed by atoms with Gasteiger partial charge < -0.3 is 10.4 Å². The second-order valence-corrected chi connectivity index (χ2v) is 5.45. The molecular formula is C16H17F3N2O. The highest BCUT2D eigenvalue weighted by Gasteiger charge is 2.46. The van der Waals surface area contributed by atoms with Crippen LogP contribution in [-0.4, -0.2) is 42.4 Å². The van der Waals surface area contributed by atoms with Crippen LogP contribution in [-0.2, 0) is 0 Å². The van der Waals surface area contributed by atoms with Crippen molar-refractivity contribution in [2.75, 3.05) is 26.2 Å². The molecule has 2 N–H and O–H groups in total. The maximum atomic E-state index is 13.7. The Bertz CT molecular complexity index is 666. The summed E-state index contributed by atoms with van der Waals surface area (Å²) in [6, 6.07) is 8.04. The minimum atomic E-state index is -4.45. The summed E-state index contributed by atoms with van der Waals surface area (Å²) in [4.78, 5) is 1.39. The van der Waals surface area contributed by atoms with Crippen LogP contribution in [0.2, 0.25) is 0 Å². The summed E-state index contributed by atoms with van der Waals surface area (Å²) >= 11 is 0. The highest BCUT2D eigenvalue weighted by atomic mass is 19.4. The van der Waals surface area contributed by atoms with Crippen LogP contribution in [0.25, 0.3) is 10.8 Å². The smallest absolute Gasteiger partial charge is 0.408 e. The highest BCUT2D eigenvalue weighted by Crippen LogP contribution is 2.44. The van der Waals surface area contributed by atoms with Gasteiger partial charge in [-0.15, -0.1) is 0 Å². The fourth-order valence-electron chi connectivity index (χ4n) is 3.07. The second kappa shape index (κ2) is 5.78. The van der Waals surface area contributed by atoms with E-state index in [1.807, 2.05) is 0 Å². The first kappa shape index (κ1) is 15.1. The molecule has 2 aromatic rings. The number of piperazine rings is 1. The van der Waals surface area contributed by atoms with Crippen molar-refractivity contribution >= 4 is 10.8 Å². The van der Waals surface area contributed by atoms with Crippen molar-refractivity contribution in [3.63, 3.8) is 0 Å². The molecule has 1 heterocycles. The van der Waals surface area contributed by atoms with Gasteiger partial charge in [-0.1, -0.05) is 30.3 Å². The first-order valence-electron chi connectivity index (χ1n) is 7.20. The number of hydrogen-bond acceptors (Lipinski definition) is 3. The largest absolute Gasteiger partial charge is 0.508 e. The molecular weight excluding hydrogens is 293 g/mol. The maximum Gasteiger partial charge on any atom is 0.408 e. The summed E-state index contributed by atoms with van der Waals surface area (Å²) in [5.41, 5.74) is -0.0486. The lowest BCUT2D eigenvalue weighted by Crippen LogP contribution is -2.49. The number of nitrogens with zero attached hydrogens (tertiary/aromatic N) is 1. The third-order valence-corrected chi connectivity index (χ3v) is 4.05. The van der Waals surface area contributed by atoms with Crippen LogP contribution in [0.3, 0.4) is 0 Å². The molecule has 6 heteroatoms. The van der Waals surface area contributed by atoms with Crippen molar-refractivity contribution in [2.24, 2.45) is 0 Å². The molecule has 22 heavy (non-hydrogen) atoms. The van der Waals surface area contributed by atoms with Gasteiger partial charge in [0.05, 0.1) is 0 Å². The molecule has 1 aliphatic heterocycles. The van der Waals surface area contributed by atoms with Gasteiger partial charge in [0.1, 0.15) is 11.8 Å². The van der Waals surface area contributed by atoms with Crippen LogP contribution in [0.15, 0.2) is 36.4 Å². The van der Waals surface area contributed by atoms with E-state index >= 15 is 0 Å². The molecule has 0 unspecified atom stereocenters. The number of aromatic hydroxyl groups is 1. The van der Waals surface area contributed by atoms with Crippen molar-refractivity contribution in [2.45, 2.75) is 12.2 Å². The van der Waals surface area contributed by atoms with Crippen molar-refractivity contribution in [1.29, 1.82) is 0 Å². The summed E-state index contributed by atoms with van der Waals surface area (Å²) in [5, 5.41) is 14.3. The number of benzene rings is 2. The molecule has 0 bridgehead atoms. The van der Waals surface area contributed by atoms with Crippen molar-refractivity contribution in [1.82, 2.24) is 10.2 Å². The first-order valence-corrected chi connectivity index (χ1v) is 7.20. The van der Waals surface area contributed by atoms with Gasteiger partial charge in [-0.05, 0) is 16.8 Å². The van der Waals surface area contributed by atoms with Gasteiger partial charge in [0.15, 0.2) is 0 Å². The van der Waals surface area contributed by atoms with E-state index < -0.39 is 12.2 Å². The van der Waals surface area contributed by atoms with E-state index in [0.717, 1.165) is 0 Å². The fraction of sp³-hybridized carbons (Fsp3) is 0.375. The molecule has 0 saturated carbocycles. The number of phenolic OH excluding ortho intramolecular Hbond substituents is 1. The zero-order valence-corrected chi connectivity index (χ0v) is 11.9. The molecule has 1 atom stereocenters. The third-order valence-electron chi connectivity index (χ3n) is 4.05. The van der Waals surface area contributed by atoms with E-state index in [0.29, 0.717) is 37.0 Å². The Labute approximate surface area is 126 Å².